The van der Waals surface area contributed by atoms with Gasteiger partial charge < -0.3 is 5.43 Å². The second kappa shape index (κ2) is 5.21. The van der Waals surface area contributed by atoms with Crippen LogP contribution in [0.3, 0.4) is 0 Å². The summed E-state index contributed by atoms with van der Waals surface area (Å²) in [5.74, 6) is 7.77. The Morgan fingerprint density at radius 1 is 1.25 bits per heavy atom. The van der Waals surface area contributed by atoms with Gasteiger partial charge in [0, 0.05) is 16.8 Å². The highest BCUT2D eigenvalue weighted by atomic mass is 15.3. The van der Waals surface area contributed by atoms with Crippen molar-refractivity contribution in [1.82, 2.24) is 9.97 Å². The van der Waals surface area contributed by atoms with E-state index in [9.17, 15) is 0 Å². The first-order chi connectivity index (χ1) is 9.74. The Morgan fingerprint density at radius 2 is 2.00 bits per heavy atom. The summed E-state index contributed by atoms with van der Waals surface area (Å²) in [6.45, 7) is 4.11. The van der Waals surface area contributed by atoms with Crippen LogP contribution in [0.15, 0.2) is 24.3 Å². The summed E-state index contributed by atoms with van der Waals surface area (Å²) in [4.78, 5) is 9.33. The van der Waals surface area contributed by atoms with E-state index >= 15 is 0 Å². The lowest BCUT2D eigenvalue weighted by Crippen LogP contribution is -2.13. The second-order valence-electron chi connectivity index (χ2n) is 5.33. The fraction of sp³-hybridized carbons (Fsp3) is 0.375. The highest BCUT2D eigenvalue weighted by molar-refractivity contribution is 5.64. The Bertz CT molecular complexity index is 607. The van der Waals surface area contributed by atoms with E-state index in [4.69, 9.17) is 10.8 Å². The molecule has 0 unspecified atom stereocenters. The fourth-order valence-electron chi connectivity index (χ4n) is 2.62. The lowest BCUT2D eigenvalue weighted by atomic mass is 10.0. The molecule has 20 heavy (non-hydrogen) atoms. The predicted octanol–water partition coefficient (Wildman–Crippen LogP) is 3.18. The van der Waals surface area contributed by atoms with E-state index in [0.717, 1.165) is 34.9 Å². The van der Waals surface area contributed by atoms with Crippen LogP contribution in [0.2, 0.25) is 0 Å². The van der Waals surface area contributed by atoms with Gasteiger partial charge in [0.15, 0.2) is 5.82 Å². The van der Waals surface area contributed by atoms with Crippen LogP contribution >= 0.6 is 0 Å². The molecular formula is C16H20N4. The van der Waals surface area contributed by atoms with Crippen molar-refractivity contribution < 1.29 is 0 Å². The standard InChI is InChI=1S/C16H20N4/c1-3-14-10(2)15(20-17)19-16(18-14)13-7-5-4-6-12(13)11-8-9-11/h4-7,11H,3,8-9,17H2,1-2H3,(H,18,19,20). The Balaban J connectivity index is 2.14. The lowest BCUT2D eigenvalue weighted by Gasteiger charge is -2.13. The number of aryl methyl sites for hydroxylation is 1. The zero-order chi connectivity index (χ0) is 14.1. The van der Waals surface area contributed by atoms with Gasteiger partial charge in [-0.3, -0.25) is 0 Å². The highest BCUT2D eigenvalue weighted by Crippen LogP contribution is 2.43. The molecule has 0 amide bonds. The van der Waals surface area contributed by atoms with E-state index < -0.39 is 0 Å². The van der Waals surface area contributed by atoms with Crippen LogP contribution in [-0.2, 0) is 6.42 Å². The molecule has 0 radical (unpaired) electrons. The number of anilines is 1. The van der Waals surface area contributed by atoms with Gasteiger partial charge in [0.1, 0.15) is 5.82 Å². The molecule has 0 spiro atoms. The third-order valence-corrected chi connectivity index (χ3v) is 3.94. The molecule has 1 heterocycles. The molecular weight excluding hydrogens is 248 g/mol. The highest BCUT2D eigenvalue weighted by Gasteiger charge is 2.27. The van der Waals surface area contributed by atoms with Gasteiger partial charge in [-0.1, -0.05) is 31.2 Å². The second-order valence-corrected chi connectivity index (χ2v) is 5.33. The third kappa shape index (κ3) is 2.27. The first-order valence-electron chi connectivity index (χ1n) is 7.18. The molecule has 1 aromatic carbocycles. The van der Waals surface area contributed by atoms with Crippen molar-refractivity contribution >= 4 is 5.82 Å². The number of hydrazine groups is 1. The molecule has 104 valence electrons. The molecule has 0 saturated heterocycles. The Kier molecular flexibility index (Phi) is 3.40. The average molecular weight is 268 g/mol. The molecule has 4 heteroatoms. The zero-order valence-corrected chi connectivity index (χ0v) is 12.0. The van der Waals surface area contributed by atoms with E-state index in [-0.39, 0.29) is 0 Å². The van der Waals surface area contributed by atoms with E-state index in [2.05, 4.69) is 35.5 Å². The van der Waals surface area contributed by atoms with E-state index in [1.165, 1.54) is 18.4 Å². The molecule has 1 aromatic heterocycles. The quantitative estimate of drug-likeness (QED) is 0.660. The zero-order valence-electron chi connectivity index (χ0n) is 12.0. The van der Waals surface area contributed by atoms with Gasteiger partial charge in [-0.2, -0.15) is 0 Å². The van der Waals surface area contributed by atoms with Crippen molar-refractivity contribution in [2.75, 3.05) is 5.43 Å². The number of aromatic nitrogens is 2. The van der Waals surface area contributed by atoms with Crippen molar-refractivity contribution in [3.05, 3.63) is 41.1 Å². The van der Waals surface area contributed by atoms with Crippen LogP contribution in [0.25, 0.3) is 11.4 Å². The average Bonchev–Trinajstić information content (AvgIpc) is 3.32. The number of hydrogen-bond donors (Lipinski definition) is 2. The monoisotopic (exact) mass is 268 g/mol. The van der Waals surface area contributed by atoms with Gasteiger partial charge in [0.05, 0.1) is 0 Å². The summed E-state index contributed by atoms with van der Waals surface area (Å²) in [5, 5.41) is 0. The summed E-state index contributed by atoms with van der Waals surface area (Å²) in [5.41, 5.74) is 7.28. The van der Waals surface area contributed by atoms with Crippen molar-refractivity contribution in [2.24, 2.45) is 5.84 Å². The topological polar surface area (TPSA) is 63.8 Å². The summed E-state index contributed by atoms with van der Waals surface area (Å²) < 4.78 is 0. The van der Waals surface area contributed by atoms with Gasteiger partial charge >= 0.3 is 0 Å². The smallest absolute Gasteiger partial charge is 0.162 e. The molecule has 0 atom stereocenters. The molecule has 2 aromatic rings. The van der Waals surface area contributed by atoms with Crippen LogP contribution in [0.4, 0.5) is 5.82 Å². The minimum atomic E-state index is 0.676. The molecule has 0 aliphatic heterocycles. The number of hydrogen-bond acceptors (Lipinski definition) is 4. The molecule has 0 bridgehead atoms. The van der Waals surface area contributed by atoms with Gasteiger partial charge in [-0.25, -0.2) is 15.8 Å². The molecule has 1 aliphatic carbocycles. The van der Waals surface area contributed by atoms with Gasteiger partial charge in [-0.15, -0.1) is 0 Å². The number of nitrogens with two attached hydrogens (primary N) is 1. The van der Waals surface area contributed by atoms with Crippen molar-refractivity contribution in [3.8, 4) is 11.4 Å². The van der Waals surface area contributed by atoms with Crippen LogP contribution < -0.4 is 11.3 Å². The maximum atomic E-state index is 5.59. The summed E-state index contributed by atoms with van der Waals surface area (Å²) in [7, 11) is 0. The number of nitrogens with one attached hydrogen (secondary N) is 1. The lowest BCUT2D eigenvalue weighted by molar-refractivity contribution is 0.969. The van der Waals surface area contributed by atoms with Crippen molar-refractivity contribution in [3.63, 3.8) is 0 Å². The minimum absolute atomic E-state index is 0.676. The first kappa shape index (κ1) is 13.1. The maximum Gasteiger partial charge on any atom is 0.162 e. The Morgan fingerprint density at radius 3 is 2.65 bits per heavy atom. The van der Waals surface area contributed by atoms with Crippen LogP contribution in [0.5, 0.6) is 0 Å². The minimum Gasteiger partial charge on any atom is -0.308 e. The third-order valence-electron chi connectivity index (χ3n) is 3.94. The maximum absolute atomic E-state index is 5.59. The van der Waals surface area contributed by atoms with E-state index in [1.807, 2.05) is 13.0 Å². The Hall–Kier alpha value is -1.94. The van der Waals surface area contributed by atoms with Crippen LogP contribution in [0.1, 0.15) is 42.5 Å². The van der Waals surface area contributed by atoms with Crippen LogP contribution in [-0.4, -0.2) is 9.97 Å². The SMILES string of the molecule is CCc1nc(-c2ccccc2C2CC2)nc(NN)c1C. The number of nitrogens with zero attached hydrogens (tertiary/aromatic N) is 2. The summed E-state index contributed by atoms with van der Waals surface area (Å²) >= 11 is 0. The van der Waals surface area contributed by atoms with E-state index in [1.54, 1.807) is 0 Å². The van der Waals surface area contributed by atoms with Crippen molar-refractivity contribution in [1.29, 1.82) is 0 Å². The number of nitrogen functional groups attached to an aromatic ring is 1. The predicted molar refractivity (Wildman–Crippen MR) is 81.4 cm³/mol. The van der Waals surface area contributed by atoms with E-state index in [0.29, 0.717) is 5.92 Å². The largest absolute Gasteiger partial charge is 0.308 e. The summed E-state index contributed by atoms with van der Waals surface area (Å²) in [6.07, 6.45) is 3.42. The molecule has 1 fully saturated rings. The van der Waals surface area contributed by atoms with Gasteiger partial charge in [-0.05, 0) is 37.7 Å². The normalized spacial score (nSPS) is 14.3. The van der Waals surface area contributed by atoms with Gasteiger partial charge in [0.2, 0.25) is 0 Å². The van der Waals surface area contributed by atoms with Gasteiger partial charge in [0.25, 0.3) is 0 Å². The summed E-state index contributed by atoms with van der Waals surface area (Å²) in [6, 6.07) is 8.44. The molecule has 4 nitrogen and oxygen atoms in total. The molecule has 3 rings (SSSR count). The fourth-order valence-corrected chi connectivity index (χ4v) is 2.62. The first-order valence-corrected chi connectivity index (χ1v) is 7.18. The molecule has 3 N–H and O–H groups in total. The molecule has 1 aliphatic rings. The Labute approximate surface area is 119 Å². The van der Waals surface area contributed by atoms with Crippen molar-refractivity contribution in [2.45, 2.75) is 39.0 Å². The number of rotatable bonds is 4. The van der Waals surface area contributed by atoms with Crippen LogP contribution in [0, 0.1) is 6.92 Å². The molecule has 1 saturated carbocycles. The number of benzene rings is 1.